The number of hydrogen-bond donors (Lipinski definition) is 2. The van der Waals surface area contributed by atoms with E-state index in [4.69, 9.17) is 78.6 Å². The van der Waals surface area contributed by atoms with Crippen LogP contribution in [0.1, 0.15) is 266 Å². The summed E-state index contributed by atoms with van der Waals surface area (Å²) in [5.74, 6) is 8.14. The maximum Gasteiger partial charge on any atom is 0.226 e. The molecule has 0 bridgehead atoms. The number of ether oxygens (including phenoxy) is 3. The van der Waals surface area contributed by atoms with Crippen molar-refractivity contribution in [3.05, 3.63) is 242 Å². The summed E-state index contributed by atoms with van der Waals surface area (Å²) in [6, 6.07) is 0. The smallest absolute Gasteiger partial charge is 0.226 e. The topological polar surface area (TPSA) is 338 Å². The zero-order valence-corrected chi connectivity index (χ0v) is 85.5. The van der Waals surface area contributed by atoms with E-state index in [0.29, 0.717) is 35.9 Å². The van der Waals surface area contributed by atoms with Gasteiger partial charge in [0.15, 0.2) is 34.7 Å². The van der Waals surface area contributed by atoms with Gasteiger partial charge in [-0.1, -0.05) is 154 Å². The van der Waals surface area contributed by atoms with Crippen molar-refractivity contribution in [1.29, 1.82) is 0 Å². The van der Waals surface area contributed by atoms with Gasteiger partial charge in [0, 0.05) is 134 Å². The van der Waals surface area contributed by atoms with Gasteiger partial charge in [-0.3, -0.25) is 0 Å². The number of carbonyl (C=O) groups excluding carboxylic acids is 6. The molecule has 726 valence electrons. The molecule has 0 unspecified atom stereocenters. The number of hydrogen-bond acceptors (Lipinski definition) is 24. The molecule has 0 fully saturated rings. The second kappa shape index (κ2) is 39.9. The maximum absolute atomic E-state index is 12.5. The number of aryl methyl sites for hydroxylation is 4. The fourth-order valence-corrected chi connectivity index (χ4v) is 24.8. The van der Waals surface area contributed by atoms with Gasteiger partial charge in [-0.2, -0.15) is 9.97 Å². The number of fused-ring (bicyclic) bond motifs is 18. The highest BCUT2D eigenvalue weighted by Gasteiger charge is 2.57. The molecule has 0 aromatic carbocycles. The van der Waals surface area contributed by atoms with Crippen molar-refractivity contribution in [2.75, 3.05) is 64.0 Å². The molecule has 0 radical (unpaired) electrons. The fourth-order valence-electron chi connectivity index (χ4n) is 24.8. The number of aromatic nitrogens is 12. The molecule has 18 rings (SSSR count). The van der Waals surface area contributed by atoms with E-state index in [1.54, 1.807) is 20.3 Å². The molecular weight excluding hydrogens is 1750 g/mol. The van der Waals surface area contributed by atoms with Gasteiger partial charge >= 0.3 is 0 Å². The second-order valence-electron chi connectivity index (χ2n) is 41.8. The van der Waals surface area contributed by atoms with Gasteiger partial charge in [0.25, 0.3) is 0 Å². The van der Waals surface area contributed by atoms with Gasteiger partial charge in [0.1, 0.15) is 52.9 Å². The maximum atomic E-state index is 12.5. The standard InChI is InChI=1S/C20H26N4O.C20H25N3O2.C18H22N4O.C18H21N3O2.C17H20N4O.C16H17N3O2/c1-6-7-10-22-19-14-8-9-15-12(2)17(25)16(21-5)11-20(15,4)18(14)23-13(3)24-19;1-11-13-9-8-12-16(20(13,5)10-14(21-6)15(11)24)22-18(19(2,3)4)23-17(12)25-7;1-10-13-8-7-12-16(20-11(2)21-17(12)22(5)6)18(13,3)9-14(19-4)15(10)23;1-6-23-17-12-7-8-13-10(2)15(22)14(19-5)9-18(13,4)16(12)20-11(3)21-17;1-9-12-7-6-11-15(20-10(2)21-16(11)19-5)17(12,3)8-13(18-4)14(9)22;1-9-11-6-5-10-14(18-8-19-15(10)21-4)16(11,2)7-12(17-3)13(9)20/h11-12,15H,6-10H2,1-4H3,(H,22,23,24);10-11,13H,8-9H2,1-5,7H3;9-10,13H,7-8H2,1-3,5-6H3;9-10,13H,6-8H2,1-4H3;8-9,12H,6-7H2,1-3,5H3,(H,19,20,21);7-9,11H,5-6H2,1-2,4H3/t12-,15-,20-;11-,13-,20-;2*10-,13-,18-;9-,12-,17-;9-,11-,16-/m000000/s1. The third-order valence-electron chi connectivity index (χ3n) is 32.0. The highest BCUT2D eigenvalue weighted by molar-refractivity contribution is 6.04. The Labute approximate surface area is 818 Å². The van der Waals surface area contributed by atoms with Crippen LogP contribution in [-0.4, -0.2) is 143 Å². The van der Waals surface area contributed by atoms with E-state index in [0.717, 1.165) is 199 Å². The Balaban J connectivity index is 0.000000141. The number of methoxy groups -OCH3 is 2. The van der Waals surface area contributed by atoms with Crippen LogP contribution in [0, 0.1) is 138 Å². The zero-order valence-electron chi connectivity index (χ0n) is 85.5. The van der Waals surface area contributed by atoms with Crippen LogP contribution >= 0.6 is 0 Å². The third kappa shape index (κ3) is 18.2. The molecule has 6 aromatic heterocycles. The van der Waals surface area contributed by atoms with Crippen molar-refractivity contribution in [2.24, 2.45) is 71.0 Å². The van der Waals surface area contributed by atoms with E-state index < -0.39 is 16.2 Å². The SMILES string of the molecule is [C-]#[N+]C1=C[C@]2(C)c3nc(C(C)(C)C)nc(OC)c3CC[C@H]2[C@H](C)C1=O.[C-]#[N+]C1=C[C@]2(C)c3nc(C)nc(N(C)C)c3CC[C@H]2[C@H](C)C1=O.[C-]#[N+]C1=C[C@]2(C)c3nc(C)nc(NC)c3CC[C@H]2[C@H](C)C1=O.[C-]#[N+]C1=C[C@]2(C)c3nc(C)nc(NCCCC)c3CC[C@H]2[C@H](C)C1=O.[C-]#[N+]C1=C[C@]2(C)c3nc(C)nc(OCC)c3CC[C@H]2[C@H](C)C1=O.[C-]#[N+]C1=C[C@]2(C)c3ncnc(OC)c3CC[C@H]2[C@H](C)C1=O. The van der Waals surface area contributed by atoms with E-state index in [2.05, 4.69) is 144 Å². The molecule has 2 N–H and O–H groups in total. The molecule has 0 saturated carbocycles. The fraction of sp³-hybridized carbons (Fsp3) is 0.560. The molecule has 18 atom stereocenters. The molecule has 0 spiro atoms. The van der Waals surface area contributed by atoms with Crippen LogP contribution in [0.25, 0.3) is 29.1 Å². The Hall–Kier alpha value is -13.3. The highest BCUT2D eigenvalue weighted by Crippen LogP contribution is 2.58. The monoisotopic (exact) mass is 1880 g/mol. The minimum atomic E-state index is -0.447. The molecule has 0 amide bonds. The predicted octanol–water partition coefficient (Wildman–Crippen LogP) is 18.2. The minimum absolute atomic E-state index is 0.0204. The van der Waals surface area contributed by atoms with E-state index in [1.807, 2.05) is 133 Å². The lowest BCUT2D eigenvalue weighted by Crippen LogP contribution is -2.46. The van der Waals surface area contributed by atoms with Crippen LogP contribution in [0.5, 0.6) is 17.6 Å². The van der Waals surface area contributed by atoms with Crippen molar-refractivity contribution in [2.45, 2.75) is 273 Å². The number of nitrogens with one attached hydrogen (secondary N) is 2. The summed E-state index contributed by atoms with van der Waals surface area (Å²) in [6.45, 7) is 87.6. The zero-order chi connectivity index (χ0) is 102. The predicted molar refractivity (Wildman–Crippen MR) is 529 cm³/mol. The molecule has 12 aliphatic carbocycles. The van der Waals surface area contributed by atoms with E-state index in [-0.39, 0.29) is 162 Å². The Kier molecular flexibility index (Phi) is 29.6. The summed E-state index contributed by atoms with van der Waals surface area (Å²) >= 11 is 0. The first-order valence-corrected chi connectivity index (χ1v) is 48.7. The summed E-state index contributed by atoms with van der Waals surface area (Å²) in [6.07, 6.45) is 25.2. The number of unbranched alkanes of at least 4 members (excludes halogenated alkanes) is 1. The highest BCUT2D eigenvalue weighted by atomic mass is 16.5. The van der Waals surface area contributed by atoms with Gasteiger partial charge in [0.2, 0.25) is 51.8 Å². The number of nitrogens with zero attached hydrogens (tertiary/aromatic N) is 19. The normalized spacial score (nSPS) is 29.2. The van der Waals surface area contributed by atoms with E-state index in [9.17, 15) is 28.8 Å². The number of carbonyl (C=O) groups is 6. The number of anilines is 3. The number of ketones is 6. The van der Waals surface area contributed by atoms with Gasteiger partial charge in [-0.05, 0) is 154 Å². The minimum Gasteiger partial charge on any atom is -0.481 e. The molecule has 6 heterocycles. The quantitative estimate of drug-likeness (QED) is 0.0950. The lowest BCUT2D eigenvalue weighted by molar-refractivity contribution is -0.122. The molecule has 0 saturated heterocycles. The van der Waals surface area contributed by atoms with Crippen molar-refractivity contribution in [1.82, 2.24) is 59.8 Å². The van der Waals surface area contributed by atoms with Crippen LogP contribution < -0.4 is 29.7 Å². The van der Waals surface area contributed by atoms with E-state index in [1.165, 1.54) is 6.33 Å². The summed E-state index contributed by atoms with van der Waals surface area (Å²) in [5, 5.41) is 6.63. The molecule has 0 aliphatic heterocycles. The lowest BCUT2D eigenvalue weighted by atomic mass is 9.58. The lowest BCUT2D eigenvalue weighted by Gasteiger charge is -2.46. The van der Waals surface area contributed by atoms with Crippen molar-refractivity contribution in [3.63, 3.8) is 0 Å². The average Bonchev–Trinajstić information content (AvgIpc) is 0.727. The molecular formula is C109H131N21O9. The first-order valence-electron chi connectivity index (χ1n) is 48.7. The van der Waals surface area contributed by atoms with Gasteiger partial charge in [0.05, 0.1) is 94.4 Å². The van der Waals surface area contributed by atoms with Crippen LogP contribution in [-0.2, 0) is 105 Å². The van der Waals surface area contributed by atoms with Crippen LogP contribution in [0.3, 0.4) is 0 Å². The molecule has 30 heteroatoms. The summed E-state index contributed by atoms with van der Waals surface area (Å²) in [4.78, 5) is 152. The van der Waals surface area contributed by atoms with E-state index >= 15 is 0 Å². The molecule has 139 heavy (non-hydrogen) atoms. The number of Topliss-reactive ketones (excluding diaryl/α,β-unsaturated/α-hetero) is 6. The number of allylic oxidation sites excluding steroid dienone is 12. The van der Waals surface area contributed by atoms with Gasteiger partial charge in [-0.25, -0.2) is 78.9 Å². The summed E-state index contributed by atoms with van der Waals surface area (Å²) in [5.41, 5.74) is 11.0. The molecule has 12 aliphatic rings. The van der Waals surface area contributed by atoms with Crippen LogP contribution in [0.4, 0.5) is 17.5 Å². The second-order valence-corrected chi connectivity index (χ2v) is 41.8. The Bertz CT molecular complexity index is 6510. The van der Waals surface area contributed by atoms with Gasteiger partial charge < -0.3 is 58.5 Å². The average molecular weight is 1880 g/mol. The van der Waals surface area contributed by atoms with Crippen molar-refractivity contribution in [3.8, 4) is 17.6 Å². The summed E-state index contributed by atoms with van der Waals surface area (Å²) in [7, 11) is 9.08. The van der Waals surface area contributed by atoms with Crippen molar-refractivity contribution < 1.29 is 43.0 Å². The van der Waals surface area contributed by atoms with Crippen LogP contribution in [0.2, 0.25) is 0 Å². The Morgan fingerprint density at radius 3 is 1.01 bits per heavy atom. The Morgan fingerprint density at radius 2 is 0.683 bits per heavy atom. The molecule has 6 aromatic rings. The summed E-state index contributed by atoms with van der Waals surface area (Å²) < 4.78 is 16.6. The van der Waals surface area contributed by atoms with Crippen LogP contribution in [0.15, 0.2) is 77.0 Å². The Morgan fingerprint density at radius 1 is 0.388 bits per heavy atom. The largest absolute Gasteiger partial charge is 0.481 e. The third-order valence-corrected chi connectivity index (χ3v) is 32.0. The van der Waals surface area contributed by atoms with Gasteiger partial charge in [-0.15, -0.1) is 0 Å². The van der Waals surface area contributed by atoms with Crippen molar-refractivity contribution >= 4 is 52.2 Å². The molecule has 30 nitrogen and oxygen atoms in total. The number of rotatable bonds is 10. The first kappa shape index (κ1) is 103. The first-order chi connectivity index (χ1) is 65.7.